The Bertz CT molecular complexity index is 1200. The summed E-state index contributed by atoms with van der Waals surface area (Å²) in [6.45, 7) is 10.1. The molecule has 7 nitrogen and oxygen atoms in total. The molecule has 2 heterocycles. The Hall–Kier alpha value is -2.84. The molecule has 0 radical (unpaired) electrons. The van der Waals surface area contributed by atoms with E-state index in [9.17, 15) is 13.0 Å². The maximum Gasteiger partial charge on any atom is 0.322 e. The van der Waals surface area contributed by atoms with Gasteiger partial charge in [0.25, 0.3) is 5.65 Å². The van der Waals surface area contributed by atoms with Crippen LogP contribution in [0, 0.1) is 13.8 Å². The van der Waals surface area contributed by atoms with Crippen molar-refractivity contribution in [2.45, 2.75) is 45.7 Å². The van der Waals surface area contributed by atoms with Gasteiger partial charge < -0.3 is 4.55 Å². The number of hydrogen-bond acceptors (Lipinski definition) is 5. The number of benzene rings is 2. The van der Waals surface area contributed by atoms with E-state index in [0.29, 0.717) is 0 Å². The quantitative estimate of drug-likeness (QED) is 0.381. The van der Waals surface area contributed by atoms with Crippen LogP contribution in [0.1, 0.15) is 25.2 Å². The normalized spacial score (nSPS) is 11.5. The fraction of sp³-hybridized carbons (Fsp3) is 0.286. The fourth-order valence-corrected chi connectivity index (χ4v) is 3.73. The molecule has 0 spiro atoms. The molecule has 0 saturated carbocycles. The van der Waals surface area contributed by atoms with Crippen LogP contribution < -0.4 is 4.57 Å². The van der Waals surface area contributed by atoms with E-state index in [1.165, 1.54) is 18.0 Å². The number of fused-ring (bicyclic) bond motifs is 2. The lowest BCUT2D eigenvalue weighted by atomic mass is 10.2. The van der Waals surface area contributed by atoms with Crippen LogP contribution in [-0.4, -0.2) is 27.5 Å². The first-order valence-corrected chi connectivity index (χ1v) is 10.8. The summed E-state index contributed by atoms with van der Waals surface area (Å²) in [7, 11) is -4.27. The summed E-state index contributed by atoms with van der Waals surface area (Å²) < 4.78 is 35.6. The lowest BCUT2D eigenvalue weighted by Gasteiger charge is -2.05. The summed E-state index contributed by atoms with van der Waals surface area (Å²) >= 11 is 0. The average molecular weight is 413 g/mol. The number of para-hydroxylation sites is 2. The Morgan fingerprint density at radius 3 is 2.07 bits per heavy atom. The maximum absolute atomic E-state index is 10.4. The molecule has 0 fully saturated rings. The van der Waals surface area contributed by atoms with Crippen LogP contribution >= 0.6 is 0 Å². The number of aryl methyl sites for hydroxylation is 3. The maximum atomic E-state index is 10.4. The number of imidazole rings is 1. The fourth-order valence-electron chi connectivity index (χ4n) is 3.26. The number of nitrogens with zero attached hydrogens (tertiary/aromatic N) is 4. The van der Waals surface area contributed by atoms with Crippen LogP contribution in [0.2, 0.25) is 0 Å². The second-order valence-corrected chi connectivity index (χ2v) is 8.04. The smallest absolute Gasteiger partial charge is 0.322 e. The minimum absolute atomic E-state index is 0.178. The van der Waals surface area contributed by atoms with Crippen molar-refractivity contribution in [2.24, 2.45) is 0 Å². The molecule has 8 heteroatoms. The first-order valence-electron chi connectivity index (χ1n) is 9.44. The highest BCUT2D eigenvalue weighted by Crippen LogP contribution is 2.16. The predicted octanol–water partition coefficient (Wildman–Crippen LogP) is 3.12. The highest BCUT2D eigenvalue weighted by Gasteiger charge is 2.22. The van der Waals surface area contributed by atoms with Gasteiger partial charge in [-0.1, -0.05) is 34.8 Å². The van der Waals surface area contributed by atoms with Crippen molar-refractivity contribution in [3.63, 3.8) is 0 Å². The molecule has 0 atom stereocenters. The topological polar surface area (TPSA) is 91.8 Å². The Morgan fingerprint density at radius 1 is 0.966 bits per heavy atom. The van der Waals surface area contributed by atoms with Gasteiger partial charge in [0.1, 0.15) is 15.6 Å². The second kappa shape index (κ2) is 8.26. The third kappa shape index (κ3) is 4.28. The minimum atomic E-state index is -4.27. The molecular weight excluding hydrogens is 388 g/mol. The van der Waals surface area contributed by atoms with Gasteiger partial charge in [0.2, 0.25) is 5.82 Å². The monoisotopic (exact) mass is 412 g/mol. The zero-order valence-corrected chi connectivity index (χ0v) is 17.8. The van der Waals surface area contributed by atoms with Crippen molar-refractivity contribution >= 4 is 32.4 Å². The third-order valence-electron chi connectivity index (χ3n) is 4.77. The summed E-state index contributed by atoms with van der Waals surface area (Å²) in [5.74, 6) is 1.21. The number of rotatable bonds is 3. The van der Waals surface area contributed by atoms with Crippen molar-refractivity contribution in [3.8, 4) is 0 Å². The molecule has 0 aliphatic rings. The van der Waals surface area contributed by atoms with Crippen molar-refractivity contribution < 1.29 is 17.5 Å². The third-order valence-corrected chi connectivity index (χ3v) is 5.62. The highest BCUT2D eigenvalue weighted by atomic mass is 32.2. The number of hydrogen-bond donors (Lipinski definition) is 0. The van der Waals surface area contributed by atoms with Crippen LogP contribution in [0.4, 0.5) is 0 Å². The Kier molecular flexibility index (Phi) is 5.95. The van der Waals surface area contributed by atoms with Crippen molar-refractivity contribution in [2.75, 3.05) is 0 Å². The number of aromatic nitrogens is 4. The molecule has 0 aliphatic carbocycles. The summed E-state index contributed by atoms with van der Waals surface area (Å²) in [4.78, 5) is 9.34. The molecule has 2 aromatic carbocycles. The molecule has 4 aromatic rings. The Balaban J connectivity index is 0.000000188. The van der Waals surface area contributed by atoms with E-state index < -0.39 is 10.1 Å². The molecule has 0 amide bonds. The van der Waals surface area contributed by atoms with Gasteiger partial charge in [0.15, 0.2) is 5.52 Å². The van der Waals surface area contributed by atoms with Crippen molar-refractivity contribution in [1.29, 1.82) is 0 Å². The second-order valence-electron chi connectivity index (χ2n) is 6.66. The van der Waals surface area contributed by atoms with Crippen molar-refractivity contribution in [1.82, 2.24) is 14.5 Å². The van der Waals surface area contributed by atoms with E-state index in [1.807, 2.05) is 31.2 Å². The predicted molar refractivity (Wildman–Crippen MR) is 110 cm³/mol. The van der Waals surface area contributed by atoms with Crippen LogP contribution in [0.15, 0.2) is 53.4 Å². The van der Waals surface area contributed by atoms with E-state index in [2.05, 4.69) is 29.9 Å². The minimum Gasteiger partial charge on any atom is -0.744 e. The lowest BCUT2D eigenvalue weighted by Crippen LogP contribution is -2.35. The molecule has 0 saturated heterocycles. The van der Waals surface area contributed by atoms with Crippen LogP contribution in [0.5, 0.6) is 0 Å². The zero-order chi connectivity index (χ0) is 21.2. The van der Waals surface area contributed by atoms with E-state index in [1.54, 1.807) is 12.1 Å². The van der Waals surface area contributed by atoms with Crippen LogP contribution in [-0.2, 0) is 23.2 Å². The standard InChI is InChI=1S/C14H17N4.C7H8O3S/c1-4-17-10(3)18(5-2)14-13(17)15-11-8-6-7-9-12(11)16-14;1-6-2-4-7(5-3-6)11(8,9)10/h6-9H,4-5H2,1-3H3;2-5H,1H3,(H,8,9,10)/q+1;/p-1. The summed E-state index contributed by atoms with van der Waals surface area (Å²) in [5.41, 5.74) is 4.81. The van der Waals surface area contributed by atoms with Gasteiger partial charge in [-0.15, -0.1) is 0 Å². The largest absolute Gasteiger partial charge is 0.744 e. The molecule has 0 bridgehead atoms. The average Bonchev–Trinajstić information content (AvgIpc) is 2.95. The first-order chi connectivity index (χ1) is 13.8. The van der Waals surface area contributed by atoms with E-state index >= 15 is 0 Å². The van der Waals surface area contributed by atoms with Gasteiger partial charge >= 0.3 is 5.65 Å². The molecule has 4 rings (SSSR count). The van der Waals surface area contributed by atoms with Crippen molar-refractivity contribution in [3.05, 3.63) is 59.9 Å². The van der Waals surface area contributed by atoms with Gasteiger partial charge in [-0.25, -0.2) is 22.5 Å². The molecule has 0 unspecified atom stereocenters. The van der Waals surface area contributed by atoms with Crippen LogP contribution in [0.25, 0.3) is 22.3 Å². The van der Waals surface area contributed by atoms with Gasteiger partial charge in [-0.05, 0) is 45.0 Å². The molecular formula is C21H24N4O3S. The molecule has 2 aromatic heterocycles. The van der Waals surface area contributed by atoms with E-state index in [0.717, 1.165) is 41.0 Å². The Morgan fingerprint density at radius 2 is 1.55 bits per heavy atom. The highest BCUT2D eigenvalue weighted by molar-refractivity contribution is 7.85. The Labute approximate surface area is 170 Å². The lowest BCUT2D eigenvalue weighted by molar-refractivity contribution is -0.676. The molecule has 152 valence electrons. The van der Waals surface area contributed by atoms with Crippen LogP contribution in [0.3, 0.4) is 0 Å². The van der Waals surface area contributed by atoms with E-state index in [-0.39, 0.29) is 4.90 Å². The summed E-state index contributed by atoms with van der Waals surface area (Å²) in [5, 5.41) is 0. The molecule has 0 aliphatic heterocycles. The van der Waals surface area contributed by atoms with Gasteiger partial charge in [-0.2, -0.15) is 0 Å². The molecule has 0 N–H and O–H groups in total. The summed E-state index contributed by atoms with van der Waals surface area (Å²) in [6, 6.07) is 13.8. The molecule has 29 heavy (non-hydrogen) atoms. The van der Waals surface area contributed by atoms with Gasteiger partial charge in [0.05, 0.1) is 18.0 Å². The van der Waals surface area contributed by atoms with Gasteiger partial charge in [0, 0.05) is 6.92 Å². The van der Waals surface area contributed by atoms with E-state index in [4.69, 9.17) is 9.97 Å². The SMILES string of the molecule is CCn1c(C)[n+](CC)c2nc3ccccc3nc21.Cc1ccc(S(=O)(=O)[O-])cc1. The zero-order valence-electron chi connectivity index (χ0n) is 17.0. The van der Waals surface area contributed by atoms with Gasteiger partial charge in [-0.3, -0.25) is 0 Å². The first kappa shape index (κ1) is 20.9. The summed E-state index contributed by atoms with van der Waals surface area (Å²) in [6.07, 6.45) is 0.